The van der Waals surface area contributed by atoms with Gasteiger partial charge in [-0.3, -0.25) is 14.5 Å². The number of anilines is 1. The molecule has 0 unspecified atom stereocenters. The Morgan fingerprint density at radius 3 is 2.36 bits per heavy atom. The van der Waals surface area contributed by atoms with E-state index in [0.717, 1.165) is 0 Å². The van der Waals surface area contributed by atoms with Gasteiger partial charge in [0.1, 0.15) is 0 Å². The number of nitrogens with one attached hydrogen (secondary N) is 2. The van der Waals surface area contributed by atoms with E-state index in [1.165, 1.54) is 0 Å². The fourth-order valence-electron chi connectivity index (χ4n) is 1.91. The van der Waals surface area contributed by atoms with E-state index in [-0.39, 0.29) is 30.4 Å². The predicted octanol–water partition coefficient (Wildman–Crippen LogP) is 2.52. The molecule has 0 aliphatic carbocycles. The van der Waals surface area contributed by atoms with Crippen molar-refractivity contribution in [1.29, 1.82) is 0 Å². The molecular formula is C16H24ClN3O2. The summed E-state index contributed by atoms with van der Waals surface area (Å²) in [6.07, 6.45) is 0. The van der Waals surface area contributed by atoms with E-state index in [9.17, 15) is 9.59 Å². The predicted molar refractivity (Wildman–Crippen MR) is 90.1 cm³/mol. The van der Waals surface area contributed by atoms with Gasteiger partial charge in [0.05, 0.1) is 13.1 Å². The molecule has 0 bridgehead atoms. The van der Waals surface area contributed by atoms with E-state index >= 15 is 0 Å². The zero-order valence-corrected chi connectivity index (χ0v) is 14.3. The van der Waals surface area contributed by atoms with Crippen molar-refractivity contribution in [1.82, 2.24) is 10.2 Å². The Kier molecular flexibility index (Phi) is 6.84. The van der Waals surface area contributed by atoms with Gasteiger partial charge in [-0.25, -0.2) is 0 Å². The van der Waals surface area contributed by atoms with Gasteiger partial charge in [-0.05, 0) is 45.5 Å². The van der Waals surface area contributed by atoms with Crippen LogP contribution in [-0.4, -0.2) is 41.9 Å². The molecule has 1 aromatic carbocycles. The minimum Gasteiger partial charge on any atom is -0.350 e. The van der Waals surface area contributed by atoms with Crippen LogP contribution in [0.2, 0.25) is 5.02 Å². The summed E-state index contributed by atoms with van der Waals surface area (Å²) in [4.78, 5) is 25.7. The molecule has 2 amide bonds. The van der Waals surface area contributed by atoms with Crippen molar-refractivity contribution in [2.24, 2.45) is 0 Å². The van der Waals surface area contributed by atoms with Crippen molar-refractivity contribution < 1.29 is 9.59 Å². The number of likely N-dealkylation sites (N-methyl/N-ethyl adjacent to an activating group) is 1. The van der Waals surface area contributed by atoms with E-state index in [4.69, 9.17) is 11.6 Å². The summed E-state index contributed by atoms with van der Waals surface area (Å²) in [6, 6.07) is 6.97. The van der Waals surface area contributed by atoms with Gasteiger partial charge in [0, 0.05) is 16.2 Å². The van der Waals surface area contributed by atoms with Crippen molar-refractivity contribution in [2.45, 2.75) is 33.2 Å². The molecule has 6 heteroatoms. The van der Waals surface area contributed by atoms with Gasteiger partial charge < -0.3 is 10.6 Å². The normalized spacial score (nSPS) is 11.4. The molecule has 0 atom stereocenters. The molecule has 22 heavy (non-hydrogen) atoms. The molecule has 0 heterocycles. The number of hydrogen-bond acceptors (Lipinski definition) is 3. The maximum Gasteiger partial charge on any atom is 0.238 e. The van der Waals surface area contributed by atoms with Crippen LogP contribution >= 0.6 is 11.6 Å². The Labute approximate surface area is 137 Å². The van der Waals surface area contributed by atoms with Crippen molar-refractivity contribution >= 4 is 29.1 Å². The molecule has 0 aliphatic heterocycles. The van der Waals surface area contributed by atoms with E-state index in [0.29, 0.717) is 17.3 Å². The van der Waals surface area contributed by atoms with Gasteiger partial charge in [0.2, 0.25) is 11.8 Å². The summed E-state index contributed by atoms with van der Waals surface area (Å²) >= 11 is 5.88. The number of rotatable bonds is 6. The number of benzene rings is 1. The Hall–Kier alpha value is -1.59. The second kappa shape index (κ2) is 8.15. The van der Waals surface area contributed by atoms with Crippen LogP contribution in [-0.2, 0) is 9.59 Å². The lowest BCUT2D eigenvalue weighted by molar-refractivity contribution is -0.124. The minimum absolute atomic E-state index is 0.0927. The van der Waals surface area contributed by atoms with Gasteiger partial charge in [-0.15, -0.1) is 0 Å². The van der Waals surface area contributed by atoms with Gasteiger partial charge in [0.15, 0.2) is 0 Å². The Morgan fingerprint density at radius 2 is 1.82 bits per heavy atom. The molecule has 0 radical (unpaired) electrons. The van der Waals surface area contributed by atoms with Crippen molar-refractivity contribution in [2.75, 3.05) is 25.0 Å². The summed E-state index contributed by atoms with van der Waals surface area (Å²) < 4.78 is 0. The first kappa shape index (κ1) is 18.5. The highest BCUT2D eigenvalue weighted by molar-refractivity contribution is 6.30. The molecule has 1 aromatic rings. The second-order valence-electron chi connectivity index (χ2n) is 6.16. The van der Waals surface area contributed by atoms with Crippen molar-refractivity contribution in [3.8, 4) is 0 Å². The highest BCUT2D eigenvalue weighted by atomic mass is 35.5. The van der Waals surface area contributed by atoms with E-state index < -0.39 is 0 Å². The third-order valence-electron chi connectivity index (χ3n) is 2.80. The SMILES string of the molecule is CCN(CC(=O)Nc1cccc(Cl)c1)CC(=O)NC(C)(C)C. The minimum atomic E-state index is -0.278. The lowest BCUT2D eigenvalue weighted by Crippen LogP contribution is -2.47. The molecule has 122 valence electrons. The van der Waals surface area contributed by atoms with E-state index in [2.05, 4.69) is 10.6 Å². The summed E-state index contributed by atoms with van der Waals surface area (Å²) in [5, 5.41) is 6.22. The van der Waals surface area contributed by atoms with Crippen LogP contribution in [0.25, 0.3) is 0 Å². The Balaban J connectivity index is 2.51. The van der Waals surface area contributed by atoms with Crippen LogP contribution in [0.15, 0.2) is 24.3 Å². The third kappa shape index (κ3) is 7.43. The summed E-state index contributed by atoms with van der Waals surface area (Å²) in [5.41, 5.74) is 0.368. The van der Waals surface area contributed by atoms with Crippen LogP contribution in [0.5, 0.6) is 0 Å². The van der Waals surface area contributed by atoms with E-state index in [1.807, 2.05) is 27.7 Å². The number of halogens is 1. The average Bonchev–Trinajstić information content (AvgIpc) is 2.35. The van der Waals surface area contributed by atoms with Gasteiger partial charge >= 0.3 is 0 Å². The lowest BCUT2D eigenvalue weighted by Gasteiger charge is -2.24. The summed E-state index contributed by atoms with van der Waals surface area (Å²) in [5.74, 6) is -0.266. The number of carbonyl (C=O) groups is 2. The topological polar surface area (TPSA) is 61.4 Å². The lowest BCUT2D eigenvalue weighted by atomic mass is 10.1. The van der Waals surface area contributed by atoms with Crippen LogP contribution < -0.4 is 10.6 Å². The number of amides is 2. The summed E-state index contributed by atoms with van der Waals surface area (Å²) in [7, 11) is 0. The van der Waals surface area contributed by atoms with Crippen LogP contribution in [0, 0.1) is 0 Å². The van der Waals surface area contributed by atoms with E-state index in [1.54, 1.807) is 29.2 Å². The standard InChI is InChI=1S/C16H24ClN3O2/c1-5-20(11-15(22)19-16(2,3)4)10-14(21)18-13-8-6-7-12(17)9-13/h6-9H,5,10-11H2,1-4H3,(H,18,21)(H,19,22). The first-order chi connectivity index (χ1) is 10.2. The molecule has 0 spiro atoms. The fraction of sp³-hybridized carbons (Fsp3) is 0.500. The fourth-order valence-corrected chi connectivity index (χ4v) is 2.10. The number of nitrogens with zero attached hydrogens (tertiary/aromatic N) is 1. The van der Waals surface area contributed by atoms with Gasteiger partial charge in [-0.1, -0.05) is 24.6 Å². The first-order valence-electron chi connectivity index (χ1n) is 7.28. The van der Waals surface area contributed by atoms with Gasteiger partial charge in [-0.2, -0.15) is 0 Å². The molecule has 0 aromatic heterocycles. The third-order valence-corrected chi connectivity index (χ3v) is 3.04. The molecule has 5 nitrogen and oxygen atoms in total. The molecule has 2 N–H and O–H groups in total. The molecular weight excluding hydrogens is 302 g/mol. The molecule has 0 saturated heterocycles. The number of hydrogen-bond donors (Lipinski definition) is 2. The second-order valence-corrected chi connectivity index (χ2v) is 6.60. The van der Waals surface area contributed by atoms with Gasteiger partial charge in [0.25, 0.3) is 0 Å². The number of carbonyl (C=O) groups excluding carboxylic acids is 2. The zero-order chi connectivity index (χ0) is 16.8. The maximum absolute atomic E-state index is 12.0. The smallest absolute Gasteiger partial charge is 0.238 e. The van der Waals surface area contributed by atoms with Crippen molar-refractivity contribution in [3.05, 3.63) is 29.3 Å². The van der Waals surface area contributed by atoms with Crippen LogP contribution in [0.3, 0.4) is 0 Å². The Bertz CT molecular complexity index is 526. The zero-order valence-electron chi connectivity index (χ0n) is 13.6. The maximum atomic E-state index is 12.0. The quantitative estimate of drug-likeness (QED) is 0.845. The summed E-state index contributed by atoms with van der Waals surface area (Å²) in [6.45, 7) is 8.64. The monoisotopic (exact) mass is 325 g/mol. The largest absolute Gasteiger partial charge is 0.350 e. The van der Waals surface area contributed by atoms with Crippen LogP contribution in [0.1, 0.15) is 27.7 Å². The Morgan fingerprint density at radius 1 is 1.18 bits per heavy atom. The molecule has 0 aliphatic rings. The molecule has 0 fully saturated rings. The molecule has 0 saturated carbocycles. The van der Waals surface area contributed by atoms with Crippen molar-refractivity contribution in [3.63, 3.8) is 0 Å². The average molecular weight is 326 g/mol. The molecule has 1 rings (SSSR count). The first-order valence-corrected chi connectivity index (χ1v) is 7.66. The highest BCUT2D eigenvalue weighted by Gasteiger charge is 2.17. The highest BCUT2D eigenvalue weighted by Crippen LogP contribution is 2.14. The van der Waals surface area contributed by atoms with Crippen LogP contribution in [0.4, 0.5) is 5.69 Å².